The van der Waals surface area contributed by atoms with E-state index in [0.717, 1.165) is 15.8 Å². The fourth-order valence-electron chi connectivity index (χ4n) is 1.48. The summed E-state index contributed by atoms with van der Waals surface area (Å²) in [4.78, 5) is 15.6. The molecule has 0 unspecified atom stereocenters. The van der Waals surface area contributed by atoms with E-state index >= 15 is 0 Å². The van der Waals surface area contributed by atoms with Crippen molar-refractivity contribution in [3.63, 3.8) is 0 Å². The summed E-state index contributed by atoms with van der Waals surface area (Å²) in [5, 5.41) is 3.89. The van der Waals surface area contributed by atoms with Gasteiger partial charge in [0.05, 0.1) is 17.8 Å². The molecule has 0 aliphatic heterocycles. The number of rotatable bonds is 4. The van der Waals surface area contributed by atoms with Crippen molar-refractivity contribution in [2.75, 3.05) is 7.11 Å². The van der Waals surface area contributed by atoms with Crippen LogP contribution in [0.1, 0.15) is 16.1 Å². The number of amides is 1. The first-order valence-corrected chi connectivity index (χ1v) is 6.58. The highest BCUT2D eigenvalue weighted by Gasteiger charge is 2.04. The van der Waals surface area contributed by atoms with E-state index in [2.05, 4.69) is 31.4 Å². The molecule has 0 radical (unpaired) electrons. The molecule has 1 amide bonds. The summed E-state index contributed by atoms with van der Waals surface area (Å²) in [6.07, 6.45) is 3.10. The molecule has 2 aromatic rings. The highest BCUT2D eigenvalue weighted by Crippen LogP contribution is 2.24. The predicted molar refractivity (Wildman–Crippen MR) is 80.0 cm³/mol. The monoisotopic (exact) mass is 333 g/mol. The minimum absolute atomic E-state index is 0.320. The van der Waals surface area contributed by atoms with E-state index in [1.54, 1.807) is 37.7 Å². The van der Waals surface area contributed by atoms with Crippen LogP contribution in [0.25, 0.3) is 0 Å². The molecule has 0 saturated heterocycles. The average Bonchev–Trinajstić information content (AvgIpc) is 2.48. The fraction of sp³-hybridized carbons (Fsp3) is 0.0714. The first kappa shape index (κ1) is 14.2. The molecule has 0 spiro atoms. The van der Waals surface area contributed by atoms with E-state index in [0.29, 0.717) is 5.69 Å². The molecule has 0 saturated carbocycles. The zero-order valence-corrected chi connectivity index (χ0v) is 12.3. The Hall–Kier alpha value is -2.21. The first-order valence-electron chi connectivity index (χ1n) is 5.78. The third kappa shape index (κ3) is 3.64. The number of ether oxygens (including phenoxy) is 1. The first-order chi connectivity index (χ1) is 9.70. The Bertz CT molecular complexity index is 630. The predicted octanol–water partition coefficient (Wildman–Crippen LogP) is 2.62. The van der Waals surface area contributed by atoms with Crippen molar-refractivity contribution >= 4 is 28.1 Å². The van der Waals surface area contributed by atoms with Crippen LogP contribution in [0.2, 0.25) is 0 Å². The molecule has 1 heterocycles. The quantitative estimate of drug-likeness (QED) is 0.691. The Balaban J connectivity index is 2.00. The number of carbonyl (C=O) groups excluding carboxylic acids is 1. The van der Waals surface area contributed by atoms with Gasteiger partial charge in [-0.2, -0.15) is 5.10 Å². The van der Waals surface area contributed by atoms with Crippen LogP contribution in [0, 0.1) is 0 Å². The molecule has 0 bridgehead atoms. The SMILES string of the molecule is COc1ccc(C=NNC(=O)c2ccccn2)cc1Br. The molecule has 1 aromatic heterocycles. The Labute approximate surface area is 124 Å². The number of aromatic nitrogens is 1. The van der Waals surface area contributed by atoms with Crippen molar-refractivity contribution in [1.82, 2.24) is 10.4 Å². The summed E-state index contributed by atoms with van der Waals surface area (Å²) < 4.78 is 5.95. The second kappa shape index (κ2) is 6.81. The van der Waals surface area contributed by atoms with E-state index in [9.17, 15) is 4.79 Å². The lowest BCUT2D eigenvalue weighted by molar-refractivity contribution is 0.0950. The maximum absolute atomic E-state index is 11.7. The zero-order chi connectivity index (χ0) is 14.4. The molecule has 102 valence electrons. The van der Waals surface area contributed by atoms with Crippen molar-refractivity contribution in [3.8, 4) is 5.75 Å². The minimum atomic E-state index is -0.352. The molecule has 1 aromatic carbocycles. The Kier molecular flexibility index (Phi) is 4.84. The maximum atomic E-state index is 11.7. The highest BCUT2D eigenvalue weighted by molar-refractivity contribution is 9.10. The number of hydrogen-bond acceptors (Lipinski definition) is 4. The Morgan fingerprint density at radius 2 is 2.25 bits per heavy atom. The van der Waals surface area contributed by atoms with E-state index < -0.39 is 0 Å². The van der Waals surface area contributed by atoms with Gasteiger partial charge in [-0.25, -0.2) is 5.43 Å². The largest absolute Gasteiger partial charge is 0.496 e. The highest BCUT2D eigenvalue weighted by atomic mass is 79.9. The van der Waals surface area contributed by atoms with E-state index in [1.807, 2.05) is 18.2 Å². The lowest BCUT2D eigenvalue weighted by Gasteiger charge is -2.03. The third-order valence-electron chi connectivity index (χ3n) is 2.45. The van der Waals surface area contributed by atoms with Crippen LogP contribution < -0.4 is 10.2 Å². The van der Waals surface area contributed by atoms with Gasteiger partial charge in [-0.15, -0.1) is 0 Å². The Morgan fingerprint density at radius 3 is 2.90 bits per heavy atom. The zero-order valence-electron chi connectivity index (χ0n) is 10.7. The smallest absolute Gasteiger partial charge is 0.289 e. The minimum Gasteiger partial charge on any atom is -0.496 e. The Morgan fingerprint density at radius 1 is 1.40 bits per heavy atom. The summed E-state index contributed by atoms with van der Waals surface area (Å²) in [5.74, 6) is 0.383. The van der Waals surface area contributed by atoms with Crippen molar-refractivity contribution in [3.05, 3.63) is 58.3 Å². The van der Waals surface area contributed by atoms with Crippen LogP contribution in [-0.4, -0.2) is 24.2 Å². The molecular formula is C14H12BrN3O2. The van der Waals surface area contributed by atoms with Gasteiger partial charge in [-0.05, 0) is 51.8 Å². The van der Waals surface area contributed by atoms with Crippen LogP contribution in [0.4, 0.5) is 0 Å². The standard InChI is InChI=1S/C14H12BrN3O2/c1-20-13-6-5-10(8-11(13)15)9-17-18-14(19)12-4-2-3-7-16-12/h2-9H,1H3,(H,18,19). The average molecular weight is 334 g/mol. The number of methoxy groups -OCH3 is 1. The van der Waals surface area contributed by atoms with Crippen molar-refractivity contribution in [2.45, 2.75) is 0 Å². The van der Waals surface area contributed by atoms with Crippen LogP contribution in [0.5, 0.6) is 5.75 Å². The molecule has 2 rings (SSSR count). The number of hydrogen-bond donors (Lipinski definition) is 1. The lowest BCUT2D eigenvalue weighted by atomic mass is 10.2. The molecular weight excluding hydrogens is 322 g/mol. The maximum Gasteiger partial charge on any atom is 0.289 e. The van der Waals surface area contributed by atoms with Gasteiger partial charge in [0.2, 0.25) is 0 Å². The van der Waals surface area contributed by atoms with Crippen LogP contribution >= 0.6 is 15.9 Å². The van der Waals surface area contributed by atoms with Gasteiger partial charge in [0, 0.05) is 6.20 Å². The van der Waals surface area contributed by atoms with E-state index in [1.165, 1.54) is 0 Å². The number of nitrogens with zero attached hydrogens (tertiary/aromatic N) is 2. The summed E-state index contributed by atoms with van der Waals surface area (Å²) in [6, 6.07) is 10.6. The summed E-state index contributed by atoms with van der Waals surface area (Å²) in [6.45, 7) is 0. The van der Waals surface area contributed by atoms with E-state index in [4.69, 9.17) is 4.74 Å². The number of benzene rings is 1. The van der Waals surface area contributed by atoms with E-state index in [-0.39, 0.29) is 5.91 Å². The second-order valence-corrected chi connectivity index (χ2v) is 4.66. The van der Waals surface area contributed by atoms with Gasteiger partial charge >= 0.3 is 0 Å². The van der Waals surface area contributed by atoms with Gasteiger partial charge in [0.15, 0.2) is 0 Å². The number of halogens is 1. The number of nitrogens with one attached hydrogen (secondary N) is 1. The topological polar surface area (TPSA) is 63.6 Å². The van der Waals surface area contributed by atoms with Crippen molar-refractivity contribution in [2.24, 2.45) is 5.10 Å². The van der Waals surface area contributed by atoms with Gasteiger partial charge in [0.25, 0.3) is 5.91 Å². The molecule has 0 aliphatic carbocycles. The third-order valence-corrected chi connectivity index (χ3v) is 3.07. The lowest BCUT2D eigenvalue weighted by Crippen LogP contribution is -2.18. The molecule has 5 nitrogen and oxygen atoms in total. The number of hydrazone groups is 1. The number of carbonyl (C=O) groups is 1. The van der Waals surface area contributed by atoms with Gasteiger partial charge in [0.1, 0.15) is 11.4 Å². The molecule has 0 atom stereocenters. The summed E-state index contributed by atoms with van der Waals surface area (Å²) >= 11 is 3.38. The van der Waals surface area contributed by atoms with Crippen LogP contribution in [0.3, 0.4) is 0 Å². The molecule has 0 aliphatic rings. The fourth-order valence-corrected chi connectivity index (χ4v) is 2.04. The summed E-state index contributed by atoms with van der Waals surface area (Å²) in [7, 11) is 1.60. The molecule has 1 N–H and O–H groups in total. The van der Waals surface area contributed by atoms with Gasteiger partial charge in [-0.1, -0.05) is 6.07 Å². The molecule has 0 fully saturated rings. The second-order valence-electron chi connectivity index (χ2n) is 3.81. The normalized spacial score (nSPS) is 10.5. The van der Waals surface area contributed by atoms with Crippen LogP contribution in [0.15, 0.2) is 52.2 Å². The van der Waals surface area contributed by atoms with Gasteiger partial charge < -0.3 is 4.74 Å². The molecule has 20 heavy (non-hydrogen) atoms. The van der Waals surface area contributed by atoms with Crippen molar-refractivity contribution in [1.29, 1.82) is 0 Å². The summed E-state index contributed by atoms with van der Waals surface area (Å²) in [5.41, 5.74) is 3.57. The number of pyridine rings is 1. The van der Waals surface area contributed by atoms with Crippen LogP contribution in [-0.2, 0) is 0 Å². The molecule has 6 heteroatoms. The van der Waals surface area contributed by atoms with Crippen molar-refractivity contribution < 1.29 is 9.53 Å². The van der Waals surface area contributed by atoms with Gasteiger partial charge in [-0.3, -0.25) is 9.78 Å².